The van der Waals surface area contributed by atoms with E-state index in [1.54, 1.807) is 15.9 Å². The number of nitrogens with zero attached hydrogens (tertiary/aromatic N) is 2. The van der Waals surface area contributed by atoms with Crippen LogP contribution < -0.4 is 5.32 Å². The molecule has 0 atom stereocenters. The number of carbonyl (C=O) groups excluding carboxylic acids is 2. The summed E-state index contributed by atoms with van der Waals surface area (Å²) in [7, 11) is 0. The highest BCUT2D eigenvalue weighted by molar-refractivity contribution is 6.30. The van der Waals surface area contributed by atoms with E-state index in [1.165, 1.54) is 0 Å². The van der Waals surface area contributed by atoms with Crippen LogP contribution in [0.1, 0.15) is 21.5 Å². The monoisotopic (exact) mass is 371 g/mol. The van der Waals surface area contributed by atoms with Gasteiger partial charge in [-0.15, -0.1) is 0 Å². The Morgan fingerprint density at radius 3 is 2.38 bits per heavy atom. The number of aryl methyl sites for hydroxylation is 1. The van der Waals surface area contributed by atoms with E-state index in [4.69, 9.17) is 11.6 Å². The summed E-state index contributed by atoms with van der Waals surface area (Å²) in [6, 6.07) is 14.9. The van der Waals surface area contributed by atoms with Gasteiger partial charge in [0.15, 0.2) is 0 Å². The van der Waals surface area contributed by atoms with Crippen LogP contribution in [0, 0.1) is 6.92 Å². The zero-order valence-corrected chi connectivity index (χ0v) is 15.5. The molecule has 0 radical (unpaired) electrons. The van der Waals surface area contributed by atoms with Gasteiger partial charge in [-0.1, -0.05) is 41.4 Å². The zero-order chi connectivity index (χ0) is 18.5. The molecule has 5 nitrogen and oxygen atoms in total. The molecule has 1 saturated heterocycles. The summed E-state index contributed by atoms with van der Waals surface area (Å²) < 4.78 is 0. The Kier molecular flexibility index (Phi) is 5.78. The average molecular weight is 372 g/mol. The van der Waals surface area contributed by atoms with Gasteiger partial charge in [0.1, 0.15) is 0 Å². The minimum Gasteiger partial charge on any atom is -0.335 e. The van der Waals surface area contributed by atoms with E-state index < -0.39 is 0 Å². The molecule has 6 heteroatoms. The lowest BCUT2D eigenvalue weighted by Gasteiger charge is -2.34. The minimum absolute atomic E-state index is 0.0210. The quantitative estimate of drug-likeness (QED) is 0.899. The Morgan fingerprint density at radius 2 is 1.69 bits per heavy atom. The molecular weight excluding hydrogens is 350 g/mol. The Balaban J connectivity index is 1.50. The summed E-state index contributed by atoms with van der Waals surface area (Å²) >= 11 is 5.95. The molecule has 3 rings (SSSR count). The molecule has 26 heavy (non-hydrogen) atoms. The predicted octanol–water partition coefficient (Wildman–Crippen LogP) is 3.32. The maximum absolute atomic E-state index is 12.6. The molecule has 3 amide bonds. The number of hydrogen-bond donors (Lipinski definition) is 1. The molecule has 2 aromatic rings. The van der Waals surface area contributed by atoms with Crippen molar-refractivity contribution in [2.24, 2.45) is 0 Å². The first-order chi connectivity index (χ1) is 12.5. The van der Waals surface area contributed by atoms with Crippen LogP contribution in [0.25, 0.3) is 0 Å². The van der Waals surface area contributed by atoms with Crippen molar-refractivity contribution in [3.63, 3.8) is 0 Å². The largest absolute Gasteiger partial charge is 0.335 e. The topological polar surface area (TPSA) is 52.7 Å². The number of rotatable bonds is 3. The number of nitrogens with one attached hydrogen (secondary N) is 1. The summed E-state index contributed by atoms with van der Waals surface area (Å²) in [5.74, 6) is 0.0210. The summed E-state index contributed by atoms with van der Waals surface area (Å²) in [6.07, 6.45) is 0. The Labute approximate surface area is 158 Å². The van der Waals surface area contributed by atoms with Crippen molar-refractivity contribution in [3.05, 3.63) is 70.2 Å². The highest BCUT2D eigenvalue weighted by Crippen LogP contribution is 2.12. The first-order valence-electron chi connectivity index (χ1n) is 8.66. The van der Waals surface area contributed by atoms with Crippen LogP contribution in [-0.4, -0.2) is 47.9 Å². The van der Waals surface area contributed by atoms with Crippen molar-refractivity contribution < 1.29 is 9.59 Å². The number of hydrogen-bond acceptors (Lipinski definition) is 2. The number of urea groups is 1. The Hall–Kier alpha value is -2.53. The lowest BCUT2D eigenvalue weighted by Crippen LogP contribution is -2.53. The van der Waals surface area contributed by atoms with Gasteiger partial charge in [0.25, 0.3) is 5.91 Å². The molecule has 1 fully saturated rings. The van der Waals surface area contributed by atoms with Crippen molar-refractivity contribution >= 4 is 23.5 Å². The third-order valence-corrected chi connectivity index (χ3v) is 4.69. The molecule has 1 aliphatic rings. The van der Waals surface area contributed by atoms with Crippen LogP contribution in [-0.2, 0) is 6.54 Å². The van der Waals surface area contributed by atoms with E-state index in [-0.39, 0.29) is 11.9 Å². The van der Waals surface area contributed by atoms with Gasteiger partial charge < -0.3 is 15.1 Å². The van der Waals surface area contributed by atoms with E-state index in [9.17, 15) is 9.59 Å². The fourth-order valence-corrected chi connectivity index (χ4v) is 3.22. The average Bonchev–Trinajstić information content (AvgIpc) is 2.66. The SMILES string of the molecule is Cc1cccc(C(=O)N2CCN(C(=O)NCc3cccc(Cl)c3)CC2)c1. The predicted molar refractivity (Wildman–Crippen MR) is 102 cm³/mol. The van der Waals surface area contributed by atoms with Crippen LogP contribution in [0.5, 0.6) is 0 Å². The normalized spacial score (nSPS) is 14.2. The van der Waals surface area contributed by atoms with E-state index in [2.05, 4.69) is 5.32 Å². The van der Waals surface area contributed by atoms with Crippen LogP contribution >= 0.6 is 11.6 Å². The van der Waals surface area contributed by atoms with Gasteiger partial charge in [0, 0.05) is 43.3 Å². The van der Waals surface area contributed by atoms with E-state index in [0.717, 1.165) is 11.1 Å². The first-order valence-corrected chi connectivity index (χ1v) is 9.04. The van der Waals surface area contributed by atoms with Gasteiger partial charge >= 0.3 is 6.03 Å². The van der Waals surface area contributed by atoms with Gasteiger partial charge in [0.05, 0.1) is 0 Å². The molecule has 0 aliphatic carbocycles. The molecule has 0 unspecified atom stereocenters. The molecule has 0 aromatic heterocycles. The van der Waals surface area contributed by atoms with E-state index >= 15 is 0 Å². The molecule has 1 aliphatic heterocycles. The second-order valence-electron chi connectivity index (χ2n) is 6.44. The standard InChI is InChI=1S/C20H22ClN3O2/c1-15-4-2-6-17(12-15)19(25)23-8-10-24(11-9-23)20(26)22-14-16-5-3-7-18(21)13-16/h2-7,12-13H,8-11,14H2,1H3,(H,22,26). The molecule has 136 valence electrons. The van der Waals surface area contributed by atoms with Crippen molar-refractivity contribution in [1.29, 1.82) is 0 Å². The highest BCUT2D eigenvalue weighted by Gasteiger charge is 2.24. The lowest BCUT2D eigenvalue weighted by molar-refractivity contribution is 0.0665. The van der Waals surface area contributed by atoms with Crippen LogP contribution in [0.15, 0.2) is 48.5 Å². The van der Waals surface area contributed by atoms with Gasteiger partial charge in [-0.2, -0.15) is 0 Å². The van der Waals surface area contributed by atoms with E-state index in [1.807, 2.05) is 49.4 Å². The second kappa shape index (κ2) is 8.23. The number of piperazine rings is 1. The third kappa shape index (κ3) is 4.55. The number of carbonyl (C=O) groups is 2. The van der Waals surface area contributed by atoms with Gasteiger partial charge in [-0.3, -0.25) is 4.79 Å². The number of halogens is 1. The van der Waals surface area contributed by atoms with Crippen molar-refractivity contribution in [3.8, 4) is 0 Å². The van der Waals surface area contributed by atoms with Crippen molar-refractivity contribution in [2.45, 2.75) is 13.5 Å². The summed E-state index contributed by atoms with van der Waals surface area (Å²) in [4.78, 5) is 28.4. The van der Waals surface area contributed by atoms with Crippen LogP contribution in [0.3, 0.4) is 0 Å². The van der Waals surface area contributed by atoms with Crippen LogP contribution in [0.4, 0.5) is 4.79 Å². The van der Waals surface area contributed by atoms with Crippen molar-refractivity contribution in [1.82, 2.24) is 15.1 Å². The van der Waals surface area contributed by atoms with Gasteiger partial charge in [-0.25, -0.2) is 4.79 Å². The van der Waals surface area contributed by atoms with Crippen molar-refractivity contribution in [2.75, 3.05) is 26.2 Å². The third-order valence-electron chi connectivity index (χ3n) is 4.45. The molecule has 2 aromatic carbocycles. The Bertz CT molecular complexity index is 801. The number of amides is 3. The molecule has 0 saturated carbocycles. The molecule has 1 N–H and O–H groups in total. The molecular formula is C20H22ClN3O2. The molecule has 0 spiro atoms. The second-order valence-corrected chi connectivity index (χ2v) is 6.87. The Morgan fingerprint density at radius 1 is 1.00 bits per heavy atom. The molecule has 1 heterocycles. The lowest BCUT2D eigenvalue weighted by atomic mass is 10.1. The fraction of sp³-hybridized carbons (Fsp3) is 0.300. The maximum atomic E-state index is 12.6. The smallest absolute Gasteiger partial charge is 0.317 e. The van der Waals surface area contributed by atoms with Crippen LogP contribution in [0.2, 0.25) is 5.02 Å². The molecule has 0 bridgehead atoms. The first kappa shape index (κ1) is 18.3. The summed E-state index contributed by atoms with van der Waals surface area (Å²) in [6.45, 7) is 4.54. The minimum atomic E-state index is -0.118. The summed E-state index contributed by atoms with van der Waals surface area (Å²) in [5.41, 5.74) is 2.72. The van der Waals surface area contributed by atoms with Gasteiger partial charge in [0.2, 0.25) is 0 Å². The summed E-state index contributed by atoms with van der Waals surface area (Å²) in [5, 5.41) is 3.56. The van der Waals surface area contributed by atoms with Gasteiger partial charge in [-0.05, 0) is 36.8 Å². The van der Waals surface area contributed by atoms with E-state index in [0.29, 0.717) is 43.3 Å². The maximum Gasteiger partial charge on any atom is 0.317 e. The number of benzene rings is 2. The zero-order valence-electron chi connectivity index (χ0n) is 14.7. The fourth-order valence-electron chi connectivity index (χ4n) is 3.01. The highest BCUT2D eigenvalue weighted by atomic mass is 35.5.